The van der Waals surface area contributed by atoms with Crippen LogP contribution in [0, 0.1) is 5.92 Å². The standard InChI is InChI=1S/C25H27F3N2O3/c1-3-30(23(33)16-8-9-16)14-17-12-18(25(26,27)28)10-11-19(17)24(13-22(31)32)15(2)29-21-7-5-4-6-20(21)24/h4-7,10-12,15-16,29H,3,8-9,13-14H2,1-2H3,(H,31,32). The van der Waals surface area contributed by atoms with Crippen molar-refractivity contribution in [2.24, 2.45) is 5.92 Å². The Morgan fingerprint density at radius 1 is 1.15 bits per heavy atom. The van der Waals surface area contributed by atoms with Gasteiger partial charge in [-0.2, -0.15) is 13.2 Å². The first-order valence-corrected chi connectivity index (χ1v) is 11.1. The van der Waals surface area contributed by atoms with E-state index in [2.05, 4.69) is 5.32 Å². The number of aliphatic carboxylic acids is 1. The summed E-state index contributed by atoms with van der Waals surface area (Å²) in [7, 11) is 0. The van der Waals surface area contributed by atoms with Crippen molar-refractivity contribution in [3.8, 4) is 0 Å². The van der Waals surface area contributed by atoms with Crippen molar-refractivity contribution in [2.75, 3.05) is 11.9 Å². The number of halogens is 3. The molecule has 2 unspecified atom stereocenters. The number of hydrogen-bond donors (Lipinski definition) is 2. The molecule has 1 amide bonds. The number of anilines is 1. The van der Waals surface area contributed by atoms with E-state index in [1.165, 1.54) is 6.07 Å². The van der Waals surface area contributed by atoms with Crippen LogP contribution in [-0.2, 0) is 27.7 Å². The van der Waals surface area contributed by atoms with Crippen LogP contribution in [0.4, 0.5) is 18.9 Å². The quantitative estimate of drug-likeness (QED) is 0.608. The van der Waals surface area contributed by atoms with Gasteiger partial charge in [0.2, 0.25) is 5.91 Å². The van der Waals surface area contributed by atoms with E-state index in [9.17, 15) is 27.9 Å². The monoisotopic (exact) mass is 460 g/mol. The molecule has 1 saturated carbocycles. The Balaban J connectivity index is 1.90. The fourth-order valence-electron chi connectivity index (χ4n) is 5.02. The van der Waals surface area contributed by atoms with E-state index in [1.54, 1.807) is 17.9 Å². The number of nitrogens with zero attached hydrogens (tertiary/aromatic N) is 1. The summed E-state index contributed by atoms with van der Waals surface area (Å²) in [5, 5.41) is 13.2. The van der Waals surface area contributed by atoms with Crippen LogP contribution in [0.1, 0.15) is 55.4 Å². The van der Waals surface area contributed by atoms with Gasteiger partial charge in [-0.1, -0.05) is 24.3 Å². The van der Waals surface area contributed by atoms with E-state index < -0.39 is 23.1 Å². The maximum atomic E-state index is 13.6. The van der Waals surface area contributed by atoms with Gasteiger partial charge in [-0.25, -0.2) is 0 Å². The molecule has 1 heterocycles. The summed E-state index contributed by atoms with van der Waals surface area (Å²) in [6.07, 6.45) is -3.26. The number of carboxylic acid groups (broad SMARTS) is 1. The molecular formula is C25H27F3N2O3. The van der Waals surface area contributed by atoms with Crippen molar-refractivity contribution in [1.82, 2.24) is 4.90 Å². The minimum atomic E-state index is -4.55. The maximum absolute atomic E-state index is 13.6. The van der Waals surface area contributed by atoms with Gasteiger partial charge >= 0.3 is 12.1 Å². The lowest BCUT2D eigenvalue weighted by atomic mass is 9.67. The highest BCUT2D eigenvalue weighted by Crippen LogP contribution is 2.50. The van der Waals surface area contributed by atoms with Crippen LogP contribution in [0.25, 0.3) is 0 Å². The number of hydrogen-bond acceptors (Lipinski definition) is 3. The molecule has 5 nitrogen and oxygen atoms in total. The Morgan fingerprint density at radius 2 is 1.85 bits per heavy atom. The topological polar surface area (TPSA) is 69.6 Å². The lowest BCUT2D eigenvalue weighted by Gasteiger charge is -2.36. The highest BCUT2D eigenvalue weighted by atomic mass is 19.4. The fraction of sp³-hybridized carbons (Fsp3) is 0.440. The number of carboxylic acids is 1. The molecular weight excluding hydrogens is 433 g/mol. The molecule has 2 N–H and O–H groups in total. The molecule has 2 aromatic carbocycles. The second kappa shape index (κ2) is 8.39. The average Bonchev–Trinajstić information content (AvgIpc) is 3.56. The summed E-state index contributed by atoms with van der Waals surface area (Å²) in [5.41, 5.74) is 0.436. The molecule has 2 aromatic rings. The first-order valence-electron chi connectivity index (χ1n) is 11.1. The van der Waals surface area contributed by atoms with E-state index in [1.807, 2.05) is 25.1 Å². The summed E-state index contributed by atoms with van der Waals surface area (Å²) in [5.74, 6) is -1.18. The van der Waals surface area contributed by atoms with Crippen LogP contribution < -0.4 is 5.32 Å². The number of rotatable bonds is 7. The average molecular weight is 460 g/mol. The zero-order valence-electron chi connectivity index (χ0n) is 18.6. The Morgan fingerprint density at radius 3 is 2.45 bits per heavy atom. The molecule has 8 heteroatoms. The number of alkyl halides is 3. The van der Waals surface area contributed by atoms with Gasteiger partial charge < -0.3 is 15.3 Å². The second-order valence-corrected chi connectivity index (χ2v) is 8.95. The SMILES string of the molecule is CCN(Cc1cc(C(F)(F)F)ccc1C1(CC(=O)O)c2ccccc2NC1C)C(=O)C1CC1. The van der Waals surface area contributed by atoms with Crippen LogP contribution in [0.15, 0.2) is 42.5 Å². The third-order valence-corrected chi connectivity index (χ3v) is 6.84. The summed E-state index contributed by atoms with van der Waals surface area (Å²) >= 11 is 0. The molecule has 0 bridgehead atoms. The number of nitrogens with one attached hydrogen (secondary N) is 1. The zero-order valence-corrected chi connectivity index (χ0v) is 18.6. The number of para-hydroxylation sites is 1. The molecule has 4 rings (SSSR count). The van der Waals surface area contributed by atoms with Crippen LogP contribution in [0.3, 0.4) is 0 Å². The summed E-state index contributed by atoms with van der Waals surface area (Å²) < 4.78 is 40.9. The van der Waals surface area contributed by atoms with E-state index >= 15 is 0 Å². The van der Waals surface area contributed by atoms with Gasteiger partial charge in [0.25, 0.3) is 0 Å². The largest absolute Gasteiger partial charge is 0.481 e. The zero-order chi connectivity index (χ0) is 24.0. The molecule has 0 saturated heterocycles. The van der Waals surface area contributed by atoms with Gasteiger partial charge in [0.15, 0.2) is 0 Å². The Bertz CT molecular complexity index is 1080. The van der Waals surface area contributed by atoms with Crippen molar-refractivity contribution in [1.29, 1.82) is 0 Å². The van der Waals surface area contributed by atoms with Crippen LogP contribution in [0.2, 0.25) is 0 Å². The van der Waals surface area contributed by atoms with Gasteiger partial charge in [-0.05, 0) is 61.6 Å². The lowest BCUT2D eigenvalue weighted by molar-refractivity contribution is -0.139. The normalized spacial score (nSPS) is 21.9. The lowest BCUT2D eigenvalue weighted by Crippen LogP contribution is -2.42. The maximum Gasteiger partial charge on any atom is 0.416 e. The number of carbonyl (C=O) groups excluding carboxylic acids is 1. The molecule has 1 aliphatic carbocycles. The smallest absolute Gasteiger partial charge is 0.416 e. The minimum Gasteiger partial charge on any atom is -0.481 e. The fourth-order valence-corrected chi connectivity index (χ4v) is 5.02. The number of amides is 1. The van der Waals surface area contributed by atoms with Crippen molar-refractivity contribution in [3.63, 3.8) is 0 Å². The van der Waals surface area contributed by atoms with Crippen LogP contribution >= 0.6 is 0 Å². The Labute approximate surface area is 190 Å². The third-order valence-electron chi connectivity index (χ3n) is 6.84. The van der Waals surface area contributed by atoms with E-state index in [4.69, 9.17) is 0 Å². The number of benzene rings is 2. The first kappa shape index (κ1) is 23.1. The predicted molar refractivity (Wildman–Crippen MR) is 118 cm³/mol. The Kier molecular flexibility index (Phi) is 5.88. The second-order valence-electron chi connectivity index (χ2n) is 8.95. The Hall–Kier alpha value is -3.03. The molecule has 0 aromatic heterocycles. The molecule has 2 aliphatic rings. The van der Waals surface area contributed by atoms with Gasteiger partial charge in [-0.3, -0.25) is 9.59 Å². The van der Waals surface area contributed by atoms with Crippen LogP contribution in [-0.4, -0.2) is 34.5 Å². The van der Waals surface area contributed by atoms with Crippen LogP contribution in [0.5, 0.6) is 0 Å². The van der Waals surface area contributed by atoms with Gasteiger partial charge in [0.05, 0.1) is 17.4 Å². The molecule has 33 heavy (non-hydrogen) atoms. The highest BCUT2D eigenvalue weighted by molar-refractivity contribution is 5.81. The van der Waals surface area contributed by atoms with Crippen molar-refractivity contribution in [2.45, 2.75) is 57.3 Å². The summed E-state index contributed by atoms with van der Waals surface area (Å²) in [6.45, 7) is 4.01. The first-order chi connectivity index (χ1) is 15.6. The van der Waals surface area contributed by atoms with Crippen molar-refractivity contribution in [3.05, 3.63) is 64.7 Å². The van der Waals surface area contributed by atoms with Crippen molar-refractivity contribution >= 4 is 17.6 Å². The number of carbonyl (C=O) groups is 2. The molecule has 2 atom stereocenters. The summed E-state index contributed by atoms with van der Waals surface area (Å²) in [4.78, 5) is 26.4. The van der Waals surface area contributed by atoms with Gasteiger partial charge in [-0.15, -0.1) is 0 Å². The molecule has 1 fully saturated rings. The molecule has 0 radical (unpaired) electrons. The molecule has 0 spiro atoms. The third kappa shape index (κ3) is 4.18. The van der Waals surface area contributed by atoms with E-state index in [0.717, 1.165) is 36.2 Å². The van der Waals surface area contributed by atoms with E-state index in [0.29, 0.717) is 17.7 Å². The van der Waals surface area contributed by atoms with E-state index in [-0.39, 0.29) is 30.8 Å². The number of fused-ring (bicyclic) bond motifs is 1. The molecule has 1 aliphatic heterocycles. The highest BCUT2D eigenvalue weighted by Gasteiger charge is 2.49. The molecule has 176 valence electrons. The van der Waals surface area contributed by atoms with Crippen molar-refractivity contribution < 1.29 is 27.9 Å². The van der Waals surface area contributed by atoms with Gasteiger partial charge in [0, 0.05) is 30.7 Å². The van der Waals surface area contributed by atoms with Gasteiger partial charge in [0.1, 0.15) is 0 Å². The minimum absolute atomic E-state index is 0.00133. The summed E-state index contributed by atoms with van der Waals surface area (Å²) in [6, 6.07) is 10.4. The predicted octanol–water partition coefficient (Wildman–Crippen LogP) is 5.04.